The predicted octanol–water partition coefficient (Wildman–Crippen LogP) is -0.350. The van der Waals surface area contributed by atoms with Gasteiger partial charge in [-0.2, -0.15) is 6.41 Å². The second kappa shape index (κ2) is 9.95. The van der Waals surface area contributed by atoms with Gasteiger partial charge in [-0.3, -0.25) is 9.59 Å². The van der Waals surface area contributed by atoms with E-state index in [2.05, 4.69) is 12.2 Å². The third-order valence-corrected chi connectivity index (χ3v) is 1.81. The van der Waals surface area contributed by atoms with Gasteiger partial charge in [0, 0.05) is 12.5 Å². The van der Waals surface area contributed by atoms with Crippen LogP contribution in [-0.2, 0) is 14.4 Å². The topological polar surface area (TPSA) is 95.5 Å². The van der Waals surface area contributed by atoms with Crippen LogP contribution in [0.1, 0.15) is 26.2 Å². The second-order valence-electron chi connectivity index (χ2n) is 3.41. The maximum atomic E-state index is 10.9. The zero-order chi connectivity index (χ0) is 12.4. The third-order valence-electron chi connectivity index (χ3n) is 1.81. The van der Waals surface area contributed by atoms with Gasteiger partial charge in [0.15, 0.2) is 0 Å². The summed E-state index contributed by atoms with van der Waals surface area (Å²) in [4.78, 5) is 29.6. The van der Waals surface area contributed by atoms with E-state index in [1.54, 1.807) is 0 Å². The zero-order valence-electron chi connectivity index (χ0n) is 9.57. The summed E-state index contributed by atoms with van der Waals surface area (Å²) in [6, 6.07) is 0. The Morgan fingerprint density at radius 1 is 1.41 bits per heavy atom. The molecule has 17 heavy (non-hydrogen) atoms. The Hall–Kier alpha value is -2.59. The predicted molar refractivity (Wildman–Crippen MR) is 57.4 cm³/mol. The van der Waals surface area contributed by atoms with Gasteiger partial charge in [0.05, 0.1) is 6.54 Å². The largest absolute Gasteiger partial charge is 0.521 e. The number of carboxylic acids is 1. The van der Waals surface area contributed by atoms with Gasteiger partial charge in [0.2, 0.25) is 5.91 Å². The molecule has 0 unspecified atom stereocenters. The average molecular weight is 486 g/mol. The quantitative estimate of drug-likeness (QED) is 0.354. The summed E-state index contributed by atoms with van der Waals surface area (Å²) >= 11 is 0. The molecule has 0 aromatic carbocycles. The summed E-state index contributed by atoms with van der Waals surface area (Å²) in [6.45, 7) is 2.55. The molecule has 1 saturated carbocycles. The fourth-order valence-electron chi connectivity index (χ4n) is 0.850. The van der Waals surface area contributed by atoms with E-state index in [1.807, 2.05) is 5.32 Å². The molecule has 0 aromatic heterocycles. The molecule has 0 bridgehead atoms. The van der Waals surface area contributed by atoms with Crippen molar-refractivity contribution >= 4 is 18.3 Å². The first-order chi connectivity index (χ1) is 7.61. The minimum atomic E-state index is -1.07. The maximum absolute atomic E-state index is 10.9. The Bertz CT molecular complexity index is 244. The molecular weight excluding hydrogens is 469 g/mol. The molecule has 1 fully saturated rings. The number of amides is 2. The molecule has 0 saturated heterocycles. The van der Waals surface area contributed by atoms with Gasteiger partial charge >= 0.3 is 5.97 Å². The monoisotopic (exact) mass is 486 g/mol. The van der Waals surface area contributed by atoms with E-state index >= 15 is 0 Å². The summed E-state index contributed by atoms with van der Waals surface area (Å²) < 4.78 is 0. The van der Waals surface area contributed by atoms with Crippen LogP contribution in [-0.4, -0.2) is 36.5 Å². The third kappa shape index (κ3) is 11.3. The Morgan fingerprint density at radius 2 is 2.00 bits per heavy atom. The maximum Gasteiger partial charge on any atom is 0.320 e. The van der Waals surface area contributed by atoms with Gasteiger partial charge < -0.3 is 20.5 Å². The van der Waals surface area contributed by atoms with Crippen molar-refractivity contribution in [3.63, 3.8) is 0 Å². The van der Waals surface area contributed by atoms with Crippen LogP contribution in [0.2, 0.25) is 0 Å². The van der Waals surface area contributed by atoms with Crippen molar-refractivity contribution in [3.05, 3.63) is 0 Å². The van der Waals surface area contributed by atoms with E-state index in [9.17, 15) is 14.4 Å². The molecule has 0 heterocycles. The van der Waals surface area contributed by atoms with Crippen LogP contribution in [0.25, 0.3) is 0 Å². The van der Waals surface area contributed by atoms with E-state index in [4.69, 9.17) is 5.11 Å². The van der Waals surface area contributed by atoms with Crippen LogP contribution < -0.4 is 10.6 Å². The normalized spacial score (nSPS) is 12.3. The van der Waals surface area contributed by atoms with Gasteiger partial charge in [-0.25, -0.2) is 0 Å². The Morgan fingerprint density at radius 3 is 2.29 bits per heavy atom. The molecule has 0 aromatic rings. The van der Waals surface area contributed by atoms with E-state index in [-0.39, 0.29) is 12.5 Å². The minimum absolute atomic E-state index is 0. The molecule has 0 spiro atoms. The molecule has 1 aliphatic rings. The summed E-state index contributed by atoms with van der Waals surface area (Å²) in [5.41, 5.74) is 0. The average Bonchev–Trinajstić information content (AvgIpc) is 3.07. The van der Waals surface area contributed by atoms with Crippen LogP contribution in [0.4, 0.5) is 0 Å². The van der Waals surface area contributed by atoms with Crippen LogP contribution in [0.15, 0.2) is 0 Å². The van der Waals surface area contributed by atoms with E-state index < -0.39 is 5.97 Å². The fraction of sp³-hybridized carbons (Fsp3) is 0.700. The van der Waals surface area contributed by atoms with Crippen molar-refractivity contribution in [2.24, 2.45) is 5.92 Å². The summed E-state index contributed by atoms with van der Waals surface area (Å²) in [5.74, 6) is -0.434. The molecule has 7 heteroatoms. The molecule has 1 aliphatic carbocycles. The van der Waals surface area contributed by atoms with Crippen molar-refractivity contribution in [2.75, 3.05) is 13.1 Å². The molecule has 3 N–H and O–H groups in total. The van der Waals surface area contributed by atoms with Gasteiger partial charge in [-0.15, -0.1) is 0 Å². The number of carboxylic acid groups (broad SMARTS) is 1. The van der Waals surface area contributed by atoms with Crippen molar-refractivity contribution in [3.8, 4) is 0 Å². The SMILES string of the molecule is CCCNC(=O)C1CC1.O=[C-]NCC(=O)O.[Fm]. The summed E-state index contributed by atoms with van der Waals surface area (Å²) in [5, 5.41) is 12.5. The van der Waals surface area contributed by atoms with Crippen molar-refractivity contribution in [1.29, 1.82) is 0 Å². The second-order valence-corrected chi connectivity index (χ2v) is 3.41. The first kappa shape index (κ1) is 16.8. The van der Waals surface area contributed by atoms with Crippen molar-refractivity contribution in [1.82, 2.24) is 10.6 Å². The van der Waals surface area contributed by atoms with Gasteiger partial charge in [-0.1, -0.05) is 6.92 Å². The van der Waals surface area contributed by atoms with E-state index in [0.717, 1.165) is 25.8 Å². The zero-order valence-corrected chi connectivity index (χ0v) is 12.0. The Labute approximate surface area is 94.4 Å². The molecule has 6 nitrogen and oxygen atoms in total. The minimum Gasteiger partial charge on any atom is -0.521 e. The first-order valence-electron chi connectivity index (χ1n) is 5.21. The molecule has 0 atom stereocenters. The fourth-order valence-corrected chi connectivity index (χ4v) is 0.850. The van der Waals surface area contributed by atoms with Gasteiger partial charge in [0.1, 0.15) is 0 Å². The summed E-state index contributed by atoms with van der Waals surface area (Å²) in [7, 11) is 0. The van der Waals surface area contributed by atoms with Crippen molar-refractivity contribution in [2.45, 2.75) is 26.2 Å². The smallest absolute Gasteiger partial charge is 0.320 e. The van der Waals surface area contributed by atoms with Crippen LogP contribution in [0.3, 0.4) is 0 Å². The number of hydrogen-bond acceptors (Lipinski definition) is 3. The molecule has 0 radical (unpaired) electrons. The number of rotatable bonds is 6. The Kier molecular flexibility index (Phi) is 9.84. The molecule has 0 aliphatic heterocycles. The van der Waals surface area contributed by atoms with E-state index in [1.165, 1.54) is 6.41 Å². The Balaban J connectivity index is 0. The van der Waals surface area contributed by atoms with Crippen molar-refractivity contribution < 1.29 is 19.5 Å². The van der Waals surface area contributed by atoms with Crippen LogP contribution in [0, 0.1) is 5.92 Å². The summed E-state index contributed by atoms with van der Waals surface area (Å²) in [6.07, 6.45) is 4.47. The van der Waals surface area contributed by atoms with Crippen LogP contribution in [0.5, 0.6) is 0 Å². The standard InChI is InChI=1S/C7H13NO.C3H4NO3.Fm/c1-2-5-8-7(9)6-3-4-6;5-2-4-1-3(6)7;/h6H,2-5H2,1H3,(H,8,9);1H2,(H,4,5)(H,6,7);/q;-1;. The molecular formula is C10H17FmN2O4-. The van der Waals surface area contributed by atoms with Gasteiger partial charge in [0.25, 0.3) is 0 Å². The molecule has 104 valence electrons. The number of hydrogen-bond donors (Lipinski definition) is 3. The van der Waals surface area contributed by atoms with Crippen LogP contribution >= 0.6 is 0 Å². The molecule has 2 amide bonds. The number of aliphatic carboxylic acids is 1. The van der Waals surface area contributed by atoms with Gasteiger partial charge in [-0.05, 0) is 19.3 Å². The number of carbonyl (C=O) groups excluding carboxylic acids is 2. The van der Waals surface area contributed by atoms with E-state index in [0.29, 0.717) is 5.92 Å². The number of carbonyl (C=O) groups is 2. The number of nitrogens with one attached hydrogen (secondary N) is 2. The first-order valence-corrected chi connectivity index (χ1v) is 5.21. The molecule has 1 rings (SSSR count).